The molecule has 1 aromatic carbocycles. The monoisotopic (exact) mass is 526 g/mol. The second kappa shape index (κ2) is 10.0. The molecule has 38 heavy (non-hydrogen) atoms. The van der Waals surface area contributed by atoms with Gasteiger partial charge in [-0.1, -0.05) is 6.07 Å². The summed E-state index contributed by atoms with van der Waals surface area (Å²) < 4.78 is 40.2. The van der Waals surface area contributed by atoms with Gasteiger partial charge in [-0.15, -0.1) is 0 Å². The molecule has 12 heteroatoms. The van der Waals surface area contributed by atoms with Crippen molar-refractivity contribution in [3.05, 3.63) is 71.3 Å². The molecule has 3 aromatic rings. The zero-order chi connectivity index (χ0) is 26.9. The summed E-state index contributed by atoms with van der Waals surface area (Å²) in [4.78, 5) is 42.4. The third-order valence-corrected chi connectivity index (χ3v) is 7.14. The number of hydrogen-bond acceptors (Lipinski definition) is 6. The van der Waals surface area contributed by atoms with Gasteiger partial charge in [0.2, 0.25) is 0 Å². The molecule has 2 saturated heterocycles. The van der Waals surface area contributed by atoms with Crippen LogP contribution in [0.4, 0.5) is 18.9 Å². The van der Waals surface area contributed by atoms with Crippen LogP contribution in [-0.4, -0.2) is 63.9 Å². The lowest BCUT2D eigenvalue weighted by atomic mass is 9.78. The first kappa shape index (κ1) is 25.6. The minimum atomic E-state index is -4.70. The van der Waals surface area contributed by atoms with Crippen molar-refractivity contribution in [2.45, 2.75) is 25.4 Å². The Kier molecular flexibility index (Phi) is 6.74. The minimum Gasteiger partial charge on any atom is -0.338 e. The maximum absolute atomic E-state index is 13.1. The number of nitrogens with one attached hydrogen (secondary N) is 2. The molecule has 0 radical (unpaired) electrons. The van der Waals surface area contributed by atoms with Gasteiger partial charge in [-0.05, 0) is 74.2 Å². The Bertz CT molecular complexity index is 1360. The predicted molar refractivity (Wildman–Crippen MR) is 131 cm³/mol. The van der Waals surface area contributed by atoms with E-state index in [1.807, 2.05) is 4.90 Å². The number of benzene rings is 1. The highest BCUT2D eigenvalue weighted by Gasteiger charge is 2.40. The average molecular weight is 527 g/mol. The maximum atomic E-state index is 13.1. The van der Waals surface area contributed by atoms with Gasteiger partial charge in [-0.2, -0.15) is 18.3 Å². The van der Waals surface area contributed by atoms with Crippen LogP contribution in [0.25, 0.3) is 5.69 Å². The normalized spacial score (nSPS) is 17.0. The molecule has 2 aliphatic rings. The maximum Gasteiger partial charge on any atom is 0.433 e. The Balaban J connectivity index is 1.29. The van der Waals surface area contributed by atoms with Gasteiger partial charge in [0.15, 0.2) is 6.29 Å². The van der Waals surface area contributed by atoms with Crippen LogP contribution in [0.3, 0.4) is 0 Å². The molecule has 0 bridgehead atoms. The van der Waals surface area contributed by atoms with Crippen molar-refractivity contribution in [2.75, 3.05) is 31.5 Å². The van der Waals surface area contributed by atoms with Crippen LogP contribution in [0.1, 0.15) is 56.3 Å². The Morgan fingerprint density at radius 2 is 1.79 bits per heavy atom. The standard InChI is InChI=1S/C26H25F3N6O3/c27-26(28,29)22-3-1-2-19(31-22)23(37)32-20-14-35(33-21(20)15-36)18-6-4-17(5-7-18)24(38)34-13-10-25(16-34)8-11-30-12-9-25/h1-7,14-15,30H,8-13,16H2,(H,32,37). The summed E-state index contributed by atoms with van der Waals surface area (Å²) >= 11 is 0. The topological polar surface area (TPSA) is 109 Å². The predicted octanol–water partition coefficient (Wildman–Crippen LogP) is 3.57. The molecule has 4 heterocycles. The molecule has 5 rings (SSSR count). The Morgan fingerprint density at radius 1 is 1.05 bits per heavy atom. The first-order valence-corrected chi connectivity index (χ1v) is 12.2. The van der Waals surface area contributed by atoms with Crippen LogP contribution in [0.5, 0.6) is 0 Å². The van der Waals surface area contributed by atoms with E-state index in [0.29, 0.717) is 17.5 Å². The van der Waals surface area contributed by atoms with Gasteiger partial charge in [0.05, 0.1) is 17.6 Å². The number of hydrogen-bond donors (Lipinski definition) is 2. The first-order valence-electron chi connectivity index (χ1n) is 12.2. The molecule has 2 aromatic heterocycles. The van der Waals surface area contributed by atoms with E-state index in [9.17, 15) is 27.6 Å². The van der Waals surface area contributed by atoms with Crippen LogP contribution in [-0.2, 0) is 6.18 Å². The van der Waals surface area contributed by atoms with E-state index in [0.717, 1.165) is 63.6 Å². The summed E-state index contributed by atoms with van der Waals surface area (Å²) in [7, 11) is 0. The fourth-order valence-corrected chi connectivity index (χ4v) is 5.02. The van der Waals surface area contributed by atoms with Gasteiger partial charge in [0.25, 0.3) is 11.8 Å². The molecular weight excluding hydrogens is 501 g/mol. The van der Waals surface area contributed by atoms with Crippen molar-refractivity contribution in [1.82, 2.24) is 25.0 Å². The second-order valence-electron chi connectivity index (χ2n) is 9.62. The molecule has 2 fully saturated rings. The number of aromatic nitrogens is 3. The summed E-state index contributed by atoms with van der Waals surface area (Å²) in [5, 5.41) is 9.91. The van der Waals surface area contributed by atoms with Gasteiger partial charge in [0, 0.05) is 18.7 Å². The molecule has 2 aliphatic heterocycles. The number of likely N-dealkylation sites (tertiary alicyclic amines) is 1. The van der Waals surface area contributed by atoms with E-state index in [-0.39, 0.29) is 22.7 Å². The molecule has 2 amide bonds. The molecule has 9 nitrogen and oxygen atoms in total. The highest BCUT2D eigenvalue weighted by Crippen LogP contribution is 2.39. The largest absolute Gasteiger partial charge is 0.433 e. The second-order valence-corrected chi connectivity index (χ2v) is 9.62. The van der Waals surface area contributed by atoms with Crippen molar-refractivity contribution < 1.29 is 27.6 Å². The molecule has 1 spiro atoms. The highest BCUT2D eigenvalue weighted by molar-refractivity contribution is 6.04. The Labute approximate surface area is 216 Å². The Morgan fingerprint density at radius 3 is 2.47 bits per heavy atom. The highest BCUT2D eigenvalue weighted by atomic mass is 19.4. The molecule has 2 N–H and O–H groups in total. The molecular formula is C26H25F3N6O3. The number of nitrogens with zero attached hydrogens (tertiary/aromatic N) is 4. The lowest BCUT2D eigenvalue weighted by molar-refractivity contribution is -0.141. The lowest BCUT2D eigenvalue weighted by Gasteiger charge is -2.33. The van der Waals surface area contributed by atoms with Gasteiger partial charge in [0.1, 0.15) is 17.1 Å². The van der Waals surface area contributed by atoms with Crippen LogP contribution >= 0.6 is 0 Å². The quantitative estimate of drug-likeness (QED) is 0.492. The number of piperidine rings is 1. The van der Waals surface area contributed by atoms with E-state index in [4.69, 9.17) is 0 Å². The lowest BCUT2D eigenvalue weighted by Crippen LogP contribution is -2.39. The smallest absolute Gasteiger partial charge is 0.338 e. The summed E-state index contributed by atoms with van der Waals surface area (Å²) in [5.74, 6) is -0.959. The van der Waals surface area contributed by atoms with Crippen LogP contribution in [0, 0.1) is 5.41 Å². The SMILES string of the molecule is O=Cc1nn(-c2ccc(C(=O)N3CCC4(CCNCC4)C3)cc2)cc1NC(=O)c1cccc(C(F)(F)F)n1. The van der Waals surface area contributed by atoms with Crippen LogP contribution < -0.4 is 10.6 Å². The fraction of sp³-hybridized carbons (Fsp3) is 0.346. The van der Waals surface area contributed by atoms with E-state index in [1.54, 1.807) is 24.3 Å². The van der Waals surface area contributed by atoms with E-state index < -0.39 is 23.5 Å². The van der Waals surface area contributed by atoms with E-state index in [1.165, 1.54) is 10.9 Å². The number of carbonyl (C=O) groups excluding carboxylic acids is 3. The zero-order valence-corrected chi connectivity index (χ0v) is 20.3. The van der Waals surface area contributed by atoms with E-state index in [2.05, 4.69) is 20.7 Å². The van der Waals surface area contributed by atoms with Gasteiger partial charge in [-0.25, -0.2) is 9.67 Å². The summed E-state index contributed by atoms with van der Waals surface area (Å²) in [6, 6.07) is 9.67. The minimum absolute atomic E-state index is 0.00806. The number of anilines is 1. The van der Waals surface area contributed by atoms with Crippen molar-refractivity contribution in [1.29, 1.82) is 0 Å². The molecule has 198 valence electrons. The Hall–Kier alpha value is -4.06. The van der Waals surface area contributed by atoms with Crippen molar-refractivity contribution >= 4 is 23.8 Å². The number of amides is 2. The van der Waals surface area contributed by atoms with Crippen molar-refractivity contribution in [3.63, 3.8) is 0 Å². The van der Waals surface area contributed by atoms with Crippen molar-refractivity contribution in [3.8, 4) is 5.69 Å². The summed E-state index contributed by atoms with van der Waals surface area (Å²) in [6.07, 6.45) is 0.228. The molecule has 0 aliphatic carbocycles. The average Bonchev–Trinajstić information content (AvgIpc) is 3.52. The molecule has 0 unspecified atom stereocenters. The zero-order valence-electron chi connectivity index (χ0n) is 20.3. The number of pyridine rings is 1. The number of rotatable bonds is 5. The van der Waals surface area contributed by atoms with Gasteiger partial charge < -0.3 is 15.5 Å². The number of aldehydes is 1. The summed E-state index contributed by atoms with van der Waals surface area (Å²) in [5.41, 5.74) is -0.508. The summed E-state index contributed by atoms with van der Waals surface area (Å²) in [6.45, 7) is 3.43. The molecule has 0 atom stereocenters. The number of alkyl halides is 3. The van der Waals surface area contributed by atoms with Crippen molar-refractivity contribution in [2.24, 2.45) is 5.41 Å². The first-order chi connectivity index (χ1) is 18.2. The van der Waals surface area contributed by atoms with Crippen LogP contribution in [0.2, 0.25) is 0 Å². The van der Waals surface area contributed by atoms with E-state index >= 15 is 0 Å². The third kappa shape index (κ3) is 5.17. The third-order valence-electron chi connectivity index (χ3n) is 7.14. The molecule has 0 saturated carbocycles. The number of carbonyl (C=O) groups is 3. The van der Waals surface area contributed by atoms with Crippen LogP contribution in [0.15, 0.2) is 48.7 Å². The van der Waals surface area contributed by atoms with Gasteiger partial charge >= 0.3 is 6.18 Å². The van der Waals surface area contributed by atoms with Gasteiger partial charge in [-0.3, -0.25) is 14.4 Å². The fourth-order valence-electron chi connectivity index (χ4n) is 5.02. The number of halogens is 3.